The van der Waals surface area contributed by atoms with Gasteiger partial charge in [-0.2, -0.15) is 0 Å². The molecule has 2 N–H and O–H groups in total. The fourth-order valence-electron chi connectivity index (χ4n) is 3.70. The molecule has 0 saturated carbocycles. The molecule has 5 heteroatoms. The predicted octanol–water partition coefficient (Wildman–Crippen LogP) is 4.91. The third kappa shape index (κ3) is 5.96. The number of aliphatic hydroxyl groups excluding tert-OH is 1. The van der Waals surface area contributed by atoms with Crippen LogP contribution in [-0.2, 0) is 13.0 Å². The van der Waals surface area contributed by atoms with Crippen molar-refractivity contribution in [3.8, 4) is 16.9 Å². The predicted molar refractivity (Wildman–Crippen MR) is 130 cm³/mol. The lowest BCUT2D eigenvalue weighted by atomic mass is 10.00. The van der Waals surface area contributed by atoms with Gasteiger partial charge in [0.25, 0.3) is 5.91 Å². The fourth-order valence-corrected chi connectivity index (χ4v) is 3.70. The molecule has 0 aliphatic heterocycles. The topological polar surface area (TPSA) is 61.8 Å². The number of benzene rings is 3. The molecule has 3 aromatic carbocycles. The van der Waals surface area contributed by atoms with Gasteiger partial charge in [-0.1, -0.05) is 30.3 Å². The van der Waals surface area contributed by atoms with E-state index in [1.54, 1.807) is 13.2 Å². The largest absolute Gasteiger partial charge is 0.496 e. The lowest BCUT2D eigenvalue weighted by molar-refractivity contribution is 0.102. The quantitative estimate of drug-likeness (QED) is 0.504. The zero-order valence-electron chi connectivity index (χ0n) is 19.3. The van der Waals surface area contributed by atoms with Gasteiger partial charge in [0.15, 0.2) is 0 Å². The van der Waals surface area contributed by atoms with Crippen molar-refractivity contribution in [1.82, 2.24) is 4.90 Å². The van der Waals surface area contributed by atoms with Crippen molar-refractivity contribution in [3.05, 3.63) is 82.9 Å². The van der Waals surface area contributed by atoms with Crippen molar-refractivity contribution in [2.24, 2.45) is 0 Å². The van der Waals surface area contributed by atoms with E-state index >= 15 is 0 Å². The van der Waals surface area contributed by atoms with Gasteiger partial charge in [-0.3, -0.25) is 4.79 Å². The molecular formula is C27H32N2O3. The molecule has 0 aliphatic rings. The number of rotatable bonds is 9. The van der Waals surface area contributed by atoms with E-state index in [0.29, 0.717) is 5.56 Å². The van der Waals surface area contributed by atoms with Gasteiger partial charge in [-0.25, -0.2) is 0 Å². The first-order valence-electron chi connectivity index (χ1n) is 10.8. The molecule has 0 spiro atoms. The standard InChI is InChI=1S/C27H32N2O3/c1-19-16-21(7-8-24(19)18-30)20-9-12-25(13-10-20)28-27(31)23-11-14-26(32-4)22(17-23)6-5-15-29(2)3/h7-14,16-17,30H,5-6,15,18H2,1-4H3,(H,28,31). The highest BCUT2D eigenvalue weighted by Gasteiger charge is 2.11. The first kappa shape index (κ1) is 23.5. The number of hydrogen-bond acceptors (Lipinski definition) is 4. The highest BCUT2D eigenvalue weighted by Crippen LogP contribution is 2.25. The van der Waals surface area contributed by atoms with Crippen LogP contribution in [0.25, 0.3) is 11.1 Å². The molecule has 0 aromatic heterocycles. The number of methoxy groups -OCH3 is 1. The third-order valence-electron chi connectivity index (χ3n) is 5.58. The number of anilines is 1. The first-order valence-corrected chi connectivity index (χ1v) is 10.8. The van der Waals surface area contributed by atoms with Gasteiger partial charge in [0.05, 0.1) is 13.7 Å². The van der Waals surface area contributed by atoms with Crippen LogP contribution in [0, 0.1) is 6.92 Å². The monoisotopic (exact) mass is 432 g/mol. The average molecular weight is 433 g/mol. The summed E-state index contributed by atoms with van der Waals surface area (Å²) in [7, 11) is 5.76. The van der Waals surface area contributed by atoms with Crippen LogP contribution >= 0.6 is 0 Å². The molecule has 32 heavy (non-hydrogen) atoms. The van der Waals surface area contributed by atoms with E-state index in [4.69, 9.17) is 4.74 Å². The van der Waals surface area contributed by atoms with Crippen LogP contribution in [0.15, 0.2) is 60.7 Å². The number of hydrogen-bond donors (Lipinski definition) is 2. The summed E-state index contributed by atoms with van der Waals surface area (Å²) in [6.07, 6.45) is 1.85. The lowest BCUT2D eigenvalue weighted by Gasteiger charge is -2.13. The molecule has 3 rings (SSSR count). The highest BCUT2D eigenvalue weighted by atomic mass is 16.5. The Labute approximate surface area is 190 Å². The second kappa shape index (κ2) is 10.9. The Balaban J connectivity index is 1.70. The Morgan fingerprint density at radius 1 is 0.969 bits per heavy atom. The third-order valence-corrected chi connectivity index (χ3v) is 5.58. The number of ether oxygens (including phenoxy) is 1. The molecule has 0 unspecified atom stereocenters. The van der Waals surface area contributed by atoms with E-state index in [1.807, 2.05) is 55.5 Å². The maximum Gasteiger partial charge on any atom is 0.255 e. The molecule has 0 aliphatic carbocycles. The Morgan fingerprint density at radius 2 is 1.69 bits per heavy atom. The summed E-state index contributed by atoms with van der Waals surface area (Å²) in [6.45, 7) is 3.02. The van der Waals surface area contributed by atoms with Crippen LogP contribution in [0.4, 0.5) is 5.69 Å². The van der Waals surface area contributed by atoms with Gasteiger partial charge in [0.1, 0.15) is 5.75 Å². The maximum absolute atomic E-state index is 12.8. The lowest BCUT2D eigenvalue weighted by Crippen LogP contribution is -2.14. The number of nitrogens with zero attached hydrogens (tertiary/aromatic N) is 1. The van der Waals surface area contributed by atoms with Crippen molar-refractivity contribution in [1.29, 1.82) is 0 Å². The molecule has 0 atom stereocenters. The van der Waals surface area contributed by atoms with Crippen molar-refractivity contribution in [2.75, 3.05) is 33.1 Å². The van der Waals surface area contributed by atoms with E-state index in [1.165, 1.54) is 0 Å². The van der Waals surface area contributed by atoms with Gasteiger partial charge in [-0.05, 0) is 98.6 Å². The number of aliphatic hydroxyl groups is 1. The zero-order valence-corrected chi connectivity index (χ0v) is 19.3. The summed E-state index contributed by atoms with van der Waals surface area (Å²) in [5, 5.41) is 12.3. The second-order valence-electron chi connectivity index (χ2n) is 8.26. The molecule has 0 fully saturated rings. The Hall–Kier alpha value is -3.15. The number of carbonyl (C=O) groups is 1. The van der Waals surface area contributed by atoms with Crippen LogP contribution in [0.3, 0.4) is 0 Å². The van der Waals surface area contributed by atoms with Gasteiger partial charge >= 0.3 is 0 Å². The summed E-state index contributed by atoms with van der Waals surface area (Å²) >= 11 is 0. The Bertz CT molecular complexity index is 1060. The van der Waals surface area contributed by atoms with Gasteiger partial charge in [-0.15, -0.1) is 0 Å². The van der Waals surface area contributed by atoms with Crippen molar-refractivity contribution < 1.29 is 14.6 Å². The van der Waals surface area contributed by atoms with Gasteiger partial charge in [0, 0.05) is 11.3 Å². The second-order valence-corrected chi connectivity index (χ2v) is 8.26. The van der Waals surface area contributed by atoms with E-state index < -0.39 is 0 Å². The summed E-state index contributed by atoms with van der Waals surface area (Å²) in [4.78, 5) is 15.0. The minimum Gasteiger partial charge on any atom is -0.496 e. The normalized spacial score (nSPS) is 10.9. The summed E-state index contributed by atoms with van der Waals surface area (Å²) in [5.41, 5.74) is 6.52. The molecule has 0 bridgehead atoms. The molecule has 3 aromatic rings. The Morgan fingerprint density at radius 3 is 2.31 bits per heavy atom. The fraction of sp³-hybridized carbons (Fsp3) is 0.296. The van der Waals surface area contributed by atoms with Crippen molar-refractivity contribution >= 4 is 11.6 Å². The molecule has 0 heterocycles. The smallest absolute Gasteiger partial charge is 0.255 e. The van der Waals surface area contributed by atoms with Crippen molar-refractivity contribution in [2.45, 2.75) is 26.4 Å². The summed E-state index contributed by atoms with van der Waals surface area (Å²) in [6, 6.07) is 19.4. The van der Waals surface area contributed by atoms with Crippen molar-refractivity contribution in [3.63, 3.8) is 0 Å². The molecule has 0 saturated heterocycles. The molecule has 5 nitrogen and oxygen atoms in total. The average Bonchev–Trinajstić information content (AvgIpc) is 2.79. The van der Waals surface area contributed by atoms with Crippen LogP contribution in [0.2, 0.25) is 0 Å². The van der Waals surface area contributed by atoms with Gasteiger partial charge in [0.2, 0.25) is 0 Å². The molecular weight excluding hydrogens is 400 g/mol. The SMILES string of the molecule is COc1ccc(C(=O)Nc2ccc(-c3ccc(CO)c(C)c3)cc2)cc1CCCN(C)C. The molecule has 0 radical (unpaired) electrons. The number of aryl methyl sites for hydroxylation is 2. The Kier molecular flexibility index (Phi) is 8.03. The van der Waals surface area contributed by atoms with E-state index in [0.717, 1.165) is 58.6 Å². The number of carbonyl (C=O) groups excluding carboxylic acids is 1. The molecule has 168 valence electrons. The first-order chi connectivity index (χ1) is 15.4. The number of nitrogens with one attached hydrogen (secondary N) is 1. The van der Waals surface area contributed by atoms with E-state index in [2.05, 4.69) is 30.4 Å². The minimum absolute atomic E-state index is 0.0415. The zero-order chi connectivity index (χ0) is 23.1. The van der Waals surface area contributed by atoms with E-state index in [9.17, 15) is 9.90 Å². The minimum atomic E-state index is -0.141. The number of amides is 1. The van der Waals surface area contributed by atoms with Crippen LogP contribution in [0.5, 0.6) is 5.75 Å². The highest BCUT2D eigenvalue weighted by molar-refractivity contribution is 6.04. The summed E-state index contributed by atoms with van der Waals surface area (Å²) in [5.74, 6) is 0.671. The maximum atomic E-state index is 12.8. The molecule has 1 amide bonds. The van der Waals surface area contributed by atoms with Gasteiger partial charge < -0.3 is 20.1 Å². The van der Waals surface area contributed by atoms with E-state index in [-0.39, 0.29) is 12.5 Å². The summed E-state index contributed by atoms with van der Waals surface area (Å²) < 4.78 is 5.47. The van der Waals surface area contributed by atoms with Crippen LogP contribution in [-0.4, -0.2) is 43.7 Å². The van der Waals surface area contributed by atoms with Crippen LogP contribution < -0.4 is 10.1 Å². The van der Waals surface area contributed by atoms with Crippen LogP contribution in [0.1, 0.15) is 33.5 Å².